The lowest BCUT2D eigenvalue weighted by Gasteiger charge is -2.08. The molecular weight excluding hydrogens is 468 g/mol. The van der Waals surface area contributed by atoms with E-state index in [1.165, 1.54) is 116 Å². The lowest BCUT2D eigenvalue weighted by atomic mass is 10.1. The molecule has 0 bridgehead atoms. The van der Waals surface area contributed by atoms with Crippen LogP contribution in [-0.2, 0) is 0 Å². The highest BCUT2D eigenvalue weighted by atomic mass is 16.5. The second-order valence-corrected chi connectivity index (χ2v) is 11.9. The molecule has 0 saturated heterocycles. The fraction of sp³-hybridized carbons (Fsp3) is 0.706. The molecule has 2 fully saturated rings. The number of hydrogen-bond acceptors (Lipinski definition) is 4. The molecule has 38 heavy (non-hydrogen) atoms. The molecule has 1 aromatic heterocycles. The Morgan fingerprint density at radius 1 is 0.500 bits per heavy atom. The average Bonchev–Trinajstić information content (AvgIpc) is 3.88. The Kier molecular flexibility index (Phi) is 13.3. The van der Waals surface area contributed by atoms with Gasteiger partial charge in [-0.15, -0.1) is 0 Å². The molecule has 0 unspecified atom stereocenters. The smallest absolute Gasteiger partial charge is 0.316 e. The molecule has 0 atom stereocenters. The van der Waals surface area contributed by atoms with E-state index < -0.39 is 0 Å². The van der Waals surface area contributed by atoms with Crippen LogP contribution in [0.4, 0.5) is 0 Å². The molecule has 1 heterocycles. The molecule has 0 radical (unpaired) electrons. The summed E-state index contributed by atoms with van der Waals surface area (Å²) in [4.78, 5) is 8.82. The topological polar surface area (TPSA) is 44.2 Å². The lowest BCUT2D eigenvalue weighted by molar-refractivity contribution is 0.281. The van der Waals surface area contributed by atoms with E-state index in [1.807, 2.05) is 24.5 Å². The minimum absolute atomic E-state index is 0.479. The second-order valence-electron chi connectivity index (χ2n) is 11.9. The van der Waals surface area contributed by atoms with Crippen LogP contribution < -0.4 is 9.47 Å². The second kappa shape index (κ2) is 17.5. The number of ether oxygens (including phenoxy) is 2. The number of aromatic nitrogens is 2. The first-order valence-electron chi connectivity index (χ1n) is 16.0. The van der Waals surface area contributed by atoms with Crippen molar-refractivity contribution in [1.29, 1.82) is 0 Å². The normalized spacial score (nSPS) is 15.1. The maximum Gasteiger partial charge on any atom is 0.316 e. The number of unbranched alkanes of at least 4 members (excludes halogenated alkanes) is 12. The van der Waals surface area contributed by atoms with Crippen molar-refractivity contribution in [2.45, 2.75) is 128 Å². The van der Waals surface area contributed by atoms with Crippen LogP contribution in [0.15, 0.2) is 36.7 Å². The molecule has 2 saturated carbocycles. The molecule has 1 aromatic carbocycles. The van der Waals surface area contributed by atoms with Gasteiger partial charge in [-0.2, -0.15) is 0 Å². The van der Waals surface area contributed by atoms with Gasteiger partial charge in [0.05, 0.1) is 13.2 Å². The number of rotatable bonds is 23. The van der Waals surface area contributed by atoms with Gasteiger partial charge in [0.15, 0.2) is 0 Å². The molecule has 0 amide bonds. The van der Waals surface area contributed by atoms with Gasteiger partial charge in [-0.25, -0.2) is 9.97 Å². The zero-order valence-corrected chi connectivity index (χ0v) is 23.9. The molecular formula is C34H52N2O2. The molecule has 4 heteroatoms. The van der Waals surface area contributed by atoms with Crippen LogP contribution >= 0.6 is 0 Å². The first kappa shape index (κ1) is 28.9. The fourth-order valence-corrected chi connectivity index (χ4v) is 5.29. The number of hydrogen-bond donors (Lipinski definition) is 0. The summed E-state index contributed by atoms with van der Waals surface area (Å²) in [5.74, 6) is 3.13. The third-order valence-corrected chi connectivity index (χ3v) is 8.22. The molecule has 2 aliphatic carbocycles. The van der Waals surface area contributed by atoms with Crippen molar-refractivity contribution in [2.24, 2.45) is 11.8 Å². The van der Waals surface area contributed by atoms with Crippen molar-refractivity contribution in [1.82, 2.24) is 9.97 Å². The third-order valence-electron chi connectivity index (χ3n) is 8.22. The first-order chi connectivity index (χ1) is 18.9. The van der Waals surface area contributed by atoms with Crippen LogP contribution in [0.5, 0.6) is 11.8 Å². The number of nitrogens with zero attached hydrogens (tertiary/aromatic N) is 2. The van der Waals surface area contributed by atoms with Gasteiger partial charge in [-0.1, -0.05) is 128 Å². The predicted octanol–water partition coefficient (Wildman–Crippen LogP) is 9.96. The molecule has 0 aliphatic heterocycles. The maximum atomic E-state index is 5.95. The van der Waals surface area contributed by atoms with E-state index >= 15 is 0 Å². The lowest BCUT2D eigenvalue weighted by Crippen LogP contribution is -2.01. The van der Waals surface area contributed by atoms with Gasteiger partial charge in [0.2, 0.25) is 0 Å². The van der Waals surface area contributed by atoms with Crippen molar-refractivity contribution < 1.29 is 9.47 Å². The van der Waals surface area contributed by atoms with E-state index in [0.29, 0.717) is 12.6 Å². The van der Waals surface area contributed by atoms with Crippen LogP contribution in [-0.4, -0.2) is 23.2 Å². The van der Waals surface area contributed by atoms with E-state index in [-0.39, 0.29) is 0 Å². The Bertz CT molecular complexity index is 786. The SMILES string of the molecule is c1cc(-c2cnc(OCCCCCCCCCC3CC3)nc2)ccc1OCCCCCCCCCC1CC1. The molecule has 2 aromatic rings. The van der Waals surface area contributed by atoms with Crippen LogP contribution in [0.2, 0.25) is 0 Å². The Balaban J connectivity index is 0.985. The standard InChI is InChI=1S/C34H52N2O2/c1(3-7-11-15-29-17-18-29)5-9-13-25-37-33-23-21-31(22-24-33)32-27-35-34(36-28-32)38-26-14-10-6-2-4-8-12-16-30-19-20-30/h21-24,27-30H,1-20,25-26H2. The summed E-state index contributed by atoms with van der Waals surface area (Å²) in [6.45, 7) is 1.50. The monoisotopic (exact) mass is 520 g/mol. The largest absolute Gasteiger partial charge is 0.494 e. The van der Waals surface area contributed by atoms with Gasteiger partial charge < -0.3 is 9.47 Å². The minimum atomic E-state index is 0.479. The average molecular weight is 521 g/mol. The Morgan fingerprint density at radius 2 is 0.947 bits per heavy atom. The highest BCUT2D eigenvalue weighted by molar-refractivity contribution is 5.62. The molecule has 4 nitrogen and oxygen atoms in total. The molecule has 2 aliphatic rings. The van der Waals surface area contributed by atoms with Gasteiger partial charge in [0.25, 0.3) is 0 Å². The van der Waals surface area contributed by atoms with Crippen molar-refractivity contribution in [3.63, 3.8) is 0 Å². The summed E-state index contributed by atoms with van der Waals surface area (Å²) >= 11 is 0. The Morgan fingerprint density at radius 3 is 1.45 bits per heavy atom. The third kappa shape index (κ3) is 12.6. The van der Waals surface area contributed by atoms with Crippen LogP contribution in [0.3, 0.4) is 0 Å². The summed E-state index contributed by atoms with van der Waals surface area (Å²) in [5.41, 5.74) is 2.10. The maximum absolute atomic E-state index is 5.95. The van der Waals surface area contributed by atoms with E-state index in [9.17, 15) is 0 Å². The summed E-state index contributed by atoms with van der Waals surface area (Å²) < 4.78 is 11.7. The first-order valence-corrected chi connectivity index (χ1v) is 16.0. The Labute approximate surface area is 232 Å². The molecule has 0 spiro atoms. The summed E-state index contributed by atoms with van der Waals surface area (Å²) in [5, 5.41) is 0. The van der Waals surface area contributed by atoms with Crippen molar-refractivity contribution in [3.8, 4) is 22.9 Å². The predicted molar refractivity (Wildman–Crippen MR) is 158 cm³/mol. The molecule has 0 N–H and O–H groups in total. The van der Waals surface area contributed by atoms with Crippen molar-refractivity contribution in [2.75, 3.05) is 13.2 Å². The highest BCUT2D eigenvalue weighted by Gasteiger charge is 2.20. The van der Waals surface area contributed by atoms with Crippen LogP contribution in [0.1, 0.15) is 128 Å². The van der Waals surface area contributed by atoms with E-state index in [2.05, 4.69) is 22.1 Å². The van der Waals surface area contributed by atoms with E-state index in [0.717, 1.165) is 48.2 Å². The van der Waals surface area contributed by atoms with Gasteiger partial charge >= 0.3 is 6.01 Å². The van der Waals surface area contributed by atoms with Crippen LogP contribution in [0, 0.1) is 11.8 Å². The summed E-state index contributed by atoms with van der Waals surface area (Å²) in [6, 6.07) is 8.75. The van der Waals surface area contributed by atoms with Crippen molar-refractivity contribution >= 4 is 0 Å². The van der Waals surface area contributed by atoms with E-state index in [4.69, 9.17) is 9.47 Å². The quantitative estimate of drug-likeness (QED) is 0.137. The summed E-state index contributed by atoms with van der Waals surface area (Å²) in [7, 11) is 0. The zero-order valence-electron chi connectivity index (χ0n) is 23.9. The number of benzene rings is 1. The minimum Gasteiger partial charge on any atom is -0.494 e. The zero-order chi connectivity index (χ0) is 26.1. The molecule has 4 rings (SSSR count). The fourth-order valence-electron chi connectivity index (χ4n) is 5.29. The van der Waals surface area contributed by atoms with Gasteiger partial charge in [0, 0.05) is 18.0 Å². The van der Waals surface area contributed by atoms with Crippen molar-refractivity contribution in [3.05, 3.63) is 36.7 Å². The van der Waals surface area contributed by atoms with Gasteiger partial charge in [-0.05, 0) is 42.4 Å². The van der Waals surface area contributed by atoms with Crippen LogP contribution in [0.25, 0.3) is 11.1 Å². The van der Waals surface area contributed by atoms with E-state index in [1.54, 1.807) is 0 Å². The molecule has 210 valence electrons. The summed E-state index contributed by atoms with van der Waals surface area (Å²) in [6.07, 6.45) is 31.3. The Hall–Kier alpha value is -2.10. The highest BCUT2D eigenvalue weighted by Crippen LogP contribution is 2.34. The van der Waals surface area contributed by atoms with Gasteiger partial charge in [0.1, 0.15) is 5.75 Å². The van der Waals surface area contributed by atoms with Gasteiger partial charge in [-0.3, -0.25) is 0 Å².